The molecule has 1 aliphatic rings. The number of fused-ring (bicyclic) bond motifs is 1. The second-order valence-electron chi connectivity index (χ2n) is 6.77. The summed E-state index contributed by atoms with van der Waals surface area (Å²) in [7, 11) is 0. The Balaban J connectivity index is 1.38. The third kappa shape index (κ3) is 4.48. The molecule has 0 aliphatic heterocycles. The smallest absolute Gasteiger partial charge is 0.251 e. The number of thioether (sulfide) groups is 1. The number of nitrogens with zero attached hydrogens (tertiary/aromatic N) is 2. The van der Waals surface area contributed by atoms with E-state index < -0.39 is 0 Å². The predicted octanol–water partition coefficient (Wildman–Crippen LogP) is 3.56. The average molecular weight is 392 g/mol. The first-order valence-corrected chi connectivity index (χ1v) is 10.1. The van der Waals surface area contributed by atoms with Crippen molar-refractivity contribution in [3.63, 3.8) is 0 Å². The summed E-state index contributed by atoms with van der Waals surface area (Å²) in [6.07, 6.45) is 2.08. The highest BCUT2D eigenvalue weighted by Crippen LogP contribution is 2.23. The second kappa shape index (κ2) is 7.98. The lowest BCUT2D eigenvalue weighted by molar-refractivity contribution is -0.113. The van der Waals surface area contributed by atoms with E-state index in [0.717, 1.165) is 34.6 Å². The maximum atomic E-state index is 12.3. The third-order valence-electron chi connectivity index (χ3n) is 4.36. The minimum Gasteiger partial charge on any atom is -0.349 e. The van der Waals surface area contributed by atoms with Crippen LogP contribution < -0.4 is 10.6 Å². The lowest BCUT2D eigenvalue weighted by Crippen LogP contribution is -2.25. The van der Waals surface area contributed by atoms with E-state index in [1.165, 1.54) is 11.8 Å². The molecule has 6 nitrogen and oxygen atoms in total. The van der Waals surface area contributed by atoms with Gasteiger partial charge < -0.3 is 10.6 Å². The number of rotatable bonds is 6. The Morgan fingerprint density at radius 2 is 1.82 bits per heavy atom. The number of hydrogen-bond donors (Lipinski definition) is 2. The Bertz CT molecular complexity index is 1050. The van der Waals surface area contributed by atoms with Gasteiger partial charge >= 0.3 is 0 Å². The molecule has 2 amide bonds. The van der Waals surface area contributed by atoms with Crippen molar-refractivity contribution in [2.75, 3.05) is 11.1 Å². The zero-order chi connectivity index (χ0) is 19.5. The fourth-order valence-electron chi connectivity index (χ4n) is 2.77. The molecule has 142 valence electrons. The summed E-state index contributed by atoms with van der Waals surface area (Å²) in [4.78, 5) is 33.6. The van der Waals surface area contributed by atoms with Crippen molar-refractivity contribution < 1.29 is 9.59 Å². The summed E-state index contributed by atoms with van der Waals surface area (Å²) in [6, 6.07) is 15.0. The molecule has 0 radical (unpaired) electrons. The predicted molar refractivity (Wildman–Crippen MR) is 111 cm³/mol. The van der Waals surface area contributed by atoms with Crippen LogP contribution in [0.1, 0.15) is 28.9 Å². The summed E-state index contributed by atoms with van der Waals surface area (Å²) in [5.74, 6) is -0.0408. The molecule has 3 aromatic rings. The van der Waals surface area contributed by atoms with Crippen LogP contribution in [0.5, 0.6) is 0 Å². The van der Waals surface area contributed by atoms with Crippen molar-refractivity contribution in [3.8, 4) is 0 Å². The van der Waals surface area contributed by atoms with E-state index in [4.69, 9.17) is 0 Å². The molecule has 7 heteroatoms. The molecule has 2 aromatic carbocycles. The van der Waals surface area contributed by atoms with Crippen LogP contribution >= 0.6 is 11.8 Å². The maximum Gasteiger partial charge on any atom is 0.251 e. The van der Waals surface area contributed by atoms with Crippen molar-refractivity contribution >= 4 is 40.3 Å². The highest BCUT2D eigenvalue weighted by Gasteiger charge is 2.23. The van der Waals surface area contributed by atoms with Crippen LogP contribution in [-0.2, 0) is 4.79 Å². The second-order valence-corrected chi connectivity index (χ2v) is 7.73. The summed E-state index contributed by atoms with van der Waals surface area (Å²) >= 11 is 1.35. The Labute approximate surface area is 167 Å². The summed E-state index contributed by atoms with van der Waals surface area (Å²) in [5, 5.41) is 6.53. The topological polar surface area (TPSA) is 84.0 Å². The van der Waals surface area contributed by atoms with Crippen LogP contribution in [0, 0.1) is 6.92 Å². The Hall–Kier alpha value is -2.93. The normalized spacial score (nSPS) is 13.3. The minimum atomic E-state index is -0.154. The first kappa shape index (κ1) is 18.4. The molecule has 1 saturated carbocycles. The lowest BCUT2D eigenvalue weighted by atomic mass is 10.2. The van der Waals surface area contributed by atoms with Crippen molar-refractivity contribution in [3.05, 3.63) is 59.8 Å². The third-order valence-corrected chi connectivity index (χ3v) is 5.43. The number of hydrogen-bond acceptors (Lipinski definition) is 5. The molecule has 0 atom stereocenters. The zero-order valence-corrected chi connectivity index (χ0v) is 16.3. The first-order valence-electron chi connectivity index (χ1n) is 9.15. The van der Waals surface area contributed by atoms with E-state index >= 15 is 0 Å². The zero-order valence-electron chi connectivity index (χ0n) is 15.4. The molecule has 0 saturated heterocycles. The molecular formula is C21H20N4O2S. The maximum absolute atomic E-state index is 12.3. The van der Waals surface area contributed by atoms with Gasteiger partial charge in [0.05, 0.1) is 22.5 Å². The number of carbonyl (C=O) groups is 2. The van der Waals surface area contributed by atoms with E-state index in [-0.39, 0.29) is 17.6 Å². The van der Waals surface area contributed by atoms with Crippen molar-refractivity contribution in [2.24, 2.45) is 0 Å². The quantitative estimate of drug-likeness (QED) is 0.627. The summed E-state index contributed by atoms with van der Waals surface area (Å²) < 4.78 is 0. The molecule has 0 unspecified atom stereocenters. The number of nitrogens with one attached hydrogen (secondary N) is 2. The van der Waals surface area contributed by atoms with Crippen LogP contribution in [-0.4, -0.2) is 33.6 Å². The van der Waals surface area contributed by atoms with Crippen LogP contribution in [0.2, 0.25) is 0 Å². The highest BCUT2D eigenvalue weighted by atomic mass is 32.2. The largest absolute Gasteiger partial charge is 0.349 e. The van der Waals surface area contributed by atoms with Gasteiger partial charge in [-0.3, -0.25) is 9.59 Å². The molecule has 1 fully saturated rings. The van der Waals surface area contributed by atoms with Gasteiger partial charge in [-0.05, 0) is 50.1 Å². The SMILES string of the molecule is Cc1nc2ccccc2nc1SCC(=O)Nc1cccc(C(=O)NC2CC2)c1. The molecule has 1 heterocycles. The van der Waals surface area contributed by atoms with E-state index in [2.05, 4.69) is 20.6 Å². The van der Waals surface area contributed by atoms with Gasteiger partial charge in [-0.25, -0.2) is 9.97 Å². The molecule has 4 rings (SSSR count). The number of anilines is 1. The van der Waals surface area contributed by atoms with Crippen molar-refractivity contribution in [1.29, 1.82) is 0 Å². The molecule has 1 aromatic heterocycles. The van der Waals surface area contributed by atoms with E-state index in [1.54, 1.807) is 24.3 Å². The first-order chi connectivity index (χ1) is 13.6. The fourth-order valence-corrected chi connectivity index (χ4v) is 3.53. The van der Waals surface area contributed by atoms with Crippen molar-refractivity contribution in [1.82, 2.24) is 15.3 Å². The standard InChI is InChI=1S/C21H20N4O2S/c1-13-21(25-18-8-3-2-7-17(18)22-13)28-12-19(26)23-16-6-4-5-14(11-16)20(27)24-15-9-10-15/h2-8,11,15H,9-10,12H2,1H3,(H,23,26)(H,24,27). The van der Waals surface area contributed by atoms with Gasteiger partial charge in [-0.1, -0.05) is 30.0 Å². The van der Waals surface area contributed by atoms with Crippen LogP contribution in [0.25, 0.3) is 11.0 Å². The Morgan fingerprint density at radius 1 is 1.07 bits per heavy atom. The number of amides is 2. The van der Waals surface area contributed by atoms with E-state index in [1.807, 2.05) is 31.2 Å². The van der Waals surface area contributed by atoms with Gasteiger partial charge in [0.25, 0.3) is 5.91 Å². The summed E-state index contributed by atoms with van der Waals surface area (Å²) in [6.45, 7) is 1.89. The van der Waals surface area contributed by atoms with E-state index in [0.29, 0.717) is 17.3 Å². The van der Waals surface area contributed by atoms with Gasteiger partial charge in [-0.15, -0.1) is 0 Å². The number of aromatic nitrogens is 2. The van der Waals surface area contributed by atoms with E-state index in [9.17, 15) is 9.59 Å². The Morgan fingerprint density at radius 3 is 2.57 bits per heavy atom. The molecule has 2 N–H and O–H groups in total. The number of para-hydroxylation sites is 2. The van der Waals surface area contributed by atoms with Gasteiger partial charge in [0, 0.05) is 17.3 Å². The molecule has 28 heavy (non-hydrogen) atoms. The van der Waals surface area contributed by atoms with Gasteiger partial charge in [-0.2, -0.15) is 0 Å². The van der Waals surface area contributed by atoms with Crippen molar-refractivity contribution in [2.45, 2.75) is 30.8 Å². The monoisotopic (exact) mass is 392 g/mol. The Kier molecular flexibility index (Phi) is 5.25. The van der Waals surface area contributed by atoms with Gasteiger partial charge in [0.1, 0.15) is 5.03 Å². The number of benzene rings is 2. The highest BCUT2D eigenvalue weighted by molar-refractivity contribution is 8.00. The average Bonchev–Trinajstić information content (AvgIpc) is 3.50. The molecule has 0 spiro atoms. The molecular weight excluding hydrogens is 372 g/mol. The van der Waals surface area contributed by atoms with Crippen LogP contribution in [0.3, 0.4) is 0 Å². The minimum absolute atomic E-state index is 0.102. The van der Waals surface area contributed by atoms with Gasteiger partial charge in [0.15, 0.2) is 0 Å². The summed E-state index contributed by atoms with van der Waals surface area (Å²) in [5.41, 5.74) is 3.61. The molecule has 1 aliphatic carbocycles. The number of aryl methyl sites for hydroxylation is 1. The fraction of sp³-hybridized carbons (Fsp3) is 0.238. The number of carbonyl (C=O) groups excluding carboxylic acids is 2. The molecule has 0 bridgehead atoms. The van der Waals surface area contributed by atoms with Crippen LogP contribution in [0.4, 0.5) is 5.69 Å². The van der Waals surface area contributed by atoms with Gasteiger partial charge in [0.2, 0.25) is 5.91 Å². The lowest BCUT2D eigenvalue weighted by Gasteiger charge is -2.09. The van der Waals surface area contributed by atoms with Crippen LogP contribution in [0.15, 0.2) is 53.6 Å².